The number of urea groups is 1. The molecule has 0 rings (SSSR count). The van der Waals surface area contributed by atoms with Gasteiger partial charge < -0.3 is 16.4 Å². The fourth-order valence-corrected chi connectivity index (χ4v) is 0. The molecule has 4 nitrogen and oxygen atoms in total. The van der Waals surface area contributed by atoms with Crippen molar-refractivity contribution in [2.45, 2.75) is 0 Å². The molecule has 0 aliphatic carbocycles. The van der Waals surface area contributed by atoms with E-state index in [4.69, 9.17) is 5.21 Å². The minimum absolute atomic E-state index is 0. The number of carbonyl (C=O) groups excluding carboxylic acids is 1. The summed E-state index contributed by atoms with van der Waals surface area (Å²) in [7, 11) is 0. The van der Waals surface area contributed by atoms with Crippen molar-refractivity contribution in [2.24, 2.45) is 5.73 Å². The van der Waals surface area contributed by atoms with Gasteiger partial charge >= 0.3 is 18.9 Å². The van der Waals surface area contributed by atoms with Crippen LogP contribution in [0.3, 0.4) is 0 Å². The molecule has 0 aliphatic rings. The third-order valence-electron chi connectivity index (χ3n) is 0.0986. The maximum atomic E-state index is 9.17. The fraction of sp³-hybridized carbons (Fsp3) is 0. The Morgan fingerprint density at radius 3 is 2.00 bits per heavy atom. The van der Waals surface area contributed by atoms with E-state index in [2.05, 4.69) is 5.73 Å². The van der Waals surface area contributed by atoms with E-state index in [1.54, 1.807) is 0 Å². The molecule has 0 aromatic carbocycles. The largest absolute Gasteiger partial charge is 1.00 e. The number of amides is 2. The van der Waals surface area contributed by atoms with Crippen LogP contribution in [0.25, 0.3) is 5.48 Å². The topological polar surface area (TPSA) is 77.4 Å². The molecule has 0 atom stereocenters. The van der Waals surface area contributed by atoms with Gasteiger partial charge in [-0.25, -0.2) is 0 Å². The van der Waals surface area contributed by atoms with Crippen molar-refractivity contribution in [1.82, 2.24) is 0 Å². The molecular formula is CH3LiN2O2. The van der Waals surface area contributed by atoms with Gasteiger partial charge in [0.1, 0.15) is 0 Å². The molecule has 6 heavy (non-hydrogen) atoms. The van der Waals surface area contributed by atoms with Gasteiger partial charge in [0, 0.05) is 0 Å². The fourth-order valence-electron chi connectivity index (χ4n) is 0. The van der Waals surface area contributed by atoms with E-state index in [-0.39, 0.29) is 18.9 Å². The molecule has 0 fully saturated rings. The van der Waals surface area contributed by atoms with Crippen LogP contribution in [0, 0.1) is 0 Å². The number of primary amides is 1. The molecule has 3 N–H and O–H groups in total. The molecule has 0 unspecified atom stereocenters. The first-order chi connectivity index (χ1) is 2.27. The van der Waals surface area contributed by atoms with E-state index in [0.29, 0.717) is 0 Å². The average molecular weight is 82.0 g/mol. The number of hydrogen-bond donors (Lipinski definition) is 2. The van der Waals surface area contributed by atoms with Gasteiger partial charge in [0.25, 0.3) is 0 Å². The summed E-state index contributed by atoms with van der Waals surface area (Å²) in [5.74, 6) is 0. The van der Waals surface area contributed by atoms with Gasteiger partial charge in [0.15, 0.2) is 6.03 Å². The number of nitrogens with zero attached hydrogens (tertiary/aromatic N) is 1. The second-order valence-corrected chi connectivity index (χ2v) is 0.438. The summed E-state index contributed by atoms with van der Waals surface area (Å²) >= 11 is 0. The first kappa shape index (κ1) is 9.27. The predicted molar refractivity (Wildman–Crippen MR) is 14.7 cm³/mol. The van der Waals surface area contributed by atoms with Crippen LogP contribution in [-0.4, -0.2) is 11.2 Å². The number of carbonyl (C=O) groups is 1. The smallest absolute Gasteiger partial charge is 0.461 e. The van der Waals surface area contributed by atoms with Gasteiger partial charge in [-0.15, -0.1) is 0 Å². The Bertz CT molecular complexity index is 46.8. The second kappa shape index (κ2) is 4.83. The van der Waals surface area contributed by atoms with Crippen molar-refractivity contribution in [2.75, 3.05) is 0 Å². The number of hydrogen-bond acceptors (Lipinski definition) is 2. The van der Waals surface area contributed by atoms with Crippen LogP contribution in [0.1, 0.15) is 0 Å². The van der Waals surface area contributed by atoms with Gasteiger partial charge in [0.05, 0.1) is 0 Å². The summed E-state index contributed by atoms with van der Waals surface area (Å²) in [5.41, 5.74) is 6.26. The molecule has 0 aliphatic heterocycles. The molecule has 0 saturated carbocycles. The SMILES string of the molecule is NC(=O)[N-]O.[Li+]. The van der Waals surface area contributed by atoms with E-state index < -0.39 is 6.03 Å². The second-order valence-electron chi connectivity index (χ2n) is 0.438. The Labute approximate surface area is 46.8 Å². The summed E-state index contributed by atoms with van der Waals surface area (Å²) in [6.45, 7) is 0. The van der Waals surface area contributed by atoms with Gasteiger partial charge in [-0.1, -0.05) is 0 Å². The van der Waals surface area contributed by atoms with E-state index in [1.165, 1.54) is 0 Å². The van der Waals surface area contributed by atoms with Crippen molar-refractivity contribution < 1.29 is 28.9 Å². The molecule has 0 bridgehead atoms. The van der Waals surface area contributed by atoms with Crippen LogP contribution >= 0.6 is 0 Å². The number of hydroxylamine groups is 1. The molecule has 5 heteroatoms. The summed E-state index contributed by atoms with van der Waals surface area (Å²) < 4.78 is 0. The quantitative estimate of drug-likeness (QED) is 0.184. The average Bonchev–Trinajstić information content (AvgIpc) is 1.38. The molecule has 0 aromatic rings. The van der Waals surface area contributed by atoms with Gasteiger partial charge in [-0.05, 0) is 0 Å². The first-order valence-corrected chi connectivity index (χ1v) is 0.916. The normalized spacial score (nSPS) is 5.50. The maximum absolute atomic E-state index is 9.17. The van der Waals surface area contributed by atoms with Crippen LogP contribution < -0.4 is 24.6 Å². The number of nitrogens with two attached hydrogens (primary N) is 1. The maximum Gasteiger partial charge on any atom is 1.00 e. The molecule has 0 aromatic heterocycles. The predicted octanol–water partition coefficient (Wildman–Crippen LogP) is -3.17. The summed E-state index contributed by atoms with van der Waals surface area (Å²) in [6, 6.07) is -1.06. The molecule has 0 saturated heterocycles. The van der Waals surface area contributed by atoms with Crippen molar-refractivity contribution in [3.63, 3.8) is 0 Å². The Kier molecular flexibility index (Phi) is 7.46. The zero-order valence-corrected chi connectivity index (χ0v) is 3.38. The molecule has 0 spiro atoms. The van der Waals surface area contributed by atoms with Crippen LogP contribution in [0.5, 0.6) is 0 Å². The zero-order chi connectivity index (χ0) is 4.28. The van der Waals surface area contributed by atoms with Gasteiger partial charge in [-0.3, -0.25) is 4.79 Å². The minimum atomic E-state index is -1.06. The van der Waals surface area contributed by atoms with E-state index >= 15 is 0 Å². The standard InChI is InChI=1S/CH4N2O2.Li/c2-1(4)3-5;/h(H4,2,3,4,5);/q;+1/p-1. The third-order valence-corrected chi connectivity index (χ3v) is 0.0986. The van der Waals surface area contributed by atoms with E-state index in [9.17, 15) is 4.79 Å². The summed E-state index contributed by atoms with van der Waals surface area (Å²) in [4.78, 5) is 9.17. The van der Waals surface area contributed by atoms with Crippen molar-refractivity contribution >= 4 is 6.03 Å². The van der Waals surface area contributed by atoms with Crippen LogP contribution in [0.2, 0.25) is 0 Å². The Morgan fingerprint density at radius 2 is 2.00 bits per heavy atom. The molecule has 2 amide bonds. The molecule has 0 radical (unpaired) electrons. The van der Waals surface area contributed by atoms with Gasteiger partial charge in [0.2, 0.25) is 0 Å². The molecular weight excluding hydrogens is 79.0 g/mol. The summed E-state index contributed by atoms with van der Waals surface area (Å²) in [6.07, 6.45) is 0. The van der Waals surface area contributed by atoms with E-state index in [0.717, 1.165) is 0 Å². The van der Waals surface area contributed by atoms with Crippen molar-refractivity contribution in [3.05, 3.63) is 5.48 Å². The van der Waals surface area contributed by atoms with Gasteiger partial charge in [-0.2, -0.15) is 0 Å². The van der Waals surface area contributed by atoms with Crippen LogP contribution in [-0.2, 0) is 0 Å². The third kappa shape index (κ3) is 9.16. The Balaban J connectivity index is 0. The molecule has 30 valence electrons. The van der Waals surface area contributed by atoms with Crippen molar-refractivity contribution in [1.29, 1.82) is 0 Å². The monoisotopic (exact) mass is 82.0 g/mol. The van der Waals surface area contributed by atoms with Crippen LogP contribution in [0.4, 0.5) is 4.79 Å². The Hall–Kier alpha value is -0.173. The van der Waals surface area contributed by atoms with Crippen LogP contribution in [0.15, 0.2) is 0 Å². The van der Waals surface area contributed by atoms with Crippen molar-refractivity contribution in [3.8, 4) is 0 Å². The molecule has 0 heterocycles. The zero-order valence-electron chi connectivity index (χ0n) is 3.38. The minimum Gasteiger partial charge on any atom is -0.461 e. The first-order valence-electron chi connectivity index (χ1n) is 0.916. The number of rotatable bonds is 0. The van der Waals surface area contributed by atoms with E-state index in [1.807, 2.05) is 5.48 Å². The Morgan fingerprint density at radius 1 is 1.83 bits per heavy atom. The summed E-state index contributed by atoms with van der Waals surface area (Å²) in [5, 5.41) is 7.29.